The van der Waals surface area contributed by atoms with E-state index in [4.69, 9.17) is 14.7 Å². The maximum atomic E-state index is 11.8. The van der Waals surface area contributed by atoms with E-state index < -0.39 is 5.91 Å². The molecule has 110 valence electrons. The zero-order chi connectivity index (χ0) is 15.7. The maximum absolute atomic E-state index is 11.8. The molecule has 0 fully saturated rings. The van der Waals surface area contributed by atoms with E-state index in [1.165, 1.54) is 13.2 Å². The van der Waals surface area contributed by atoms with Gasteiger partial charge in [-0.15, -0.1) is 6.58 Å². The molecule has 0 unspecified atom stereocenters. The first-order valence-corrected chi connectivity index (χ1v) is 6.48. The van der Waals surface area contributed by atoms with Gasteiger partial charge in [-0.05, 0) is 19.1 Å². The number of hydrogen-bond acceptors (Lipinski definition) is 4. The molecule has 5 heteroatoms. The molecular formula is C16H18N2O3. The van der Waals surface area contributed by atoms with Crippen molar-refractivity contribution in [3.05, 3.63) is 42.0 Å². The molecule has 0 aromatic heterocycles. The number of nitriles is 1. The summed E-state index contributed by atoms with van der Waals surface area (Å²) >= 11 is 0. The van der Waals surface area contributed by atoms with E-state index in [-0.39, 0.29) is 5.57 Å². The highest BCUT2D eigenvalue weighted by molar-refractivity contribution is 6.02. The molecule has 0 saturated carbocycles. The molecule has 1 amide bonds. The predicted molar refractivity (Wildman–Crippen MR) is 81.0 cm³/mol. The number of ether oxygens (including phenoxy) is 2. The molecule has 0 aliphatic rings. The maximum Gasteiger partial charge on any atom is 0.262 e. The first kappa shape index (κ1) is 16.3. The fraction of sp³-hybridized carbons (Fsp3) is 0.250. The van der Waals surface area contributed by atoms with Crippen molar-refractivity contribution in [3.63, 3.8) is 0 Å². The standard InChI is InChI=1S/C16H18N2O3/c1-4-9-18-16(19)13(11-17)10-12-7-6-8-14(20-3)15(12)21-5-2/h4,6-8,10H,1,5,9H2,2-3H3,(H,18,19)/b13-10-. The van der Waals surface area contributed by atoms with Gasteiger partial charge in [0.05, 0.1) is 13.7 Å². The third-order valence-corrected chi connectivity index (χ3v) is 2.59. The van der Waals surface area contributed by atoms with Crippen molar-refractivity contribution < 1.29 is 14.3 Å². The van der Waals surface area contributed by atoms with Gasteiger partial charge in [-0.1, -0.05) is 18.2 Å². The Bertz CT molecular complexity index is 586. The van der Waals surface area contributed by atoms with Crippen LogP contribution in [0.4, 0.5) is 0 Å². The quantitative estimate of drug-likeness (QED) is 0.474. The van der Waals surface area contributed by atoms with Gasteiger partial charge < -0.3 is 14.8 Å². The number of carbonyl (C=O) groups excluding carboxylic acids is 1. The van der Waals surface area contributed by atoms with Gasteiger partial charge in [0.15, 0.2) is 11.5 Å². The van der Waals surface area contributed by atoms with E-state index in [2.05, 4.69) is 11.9 Å². The number of para-hydroxylation sites is 1. The van der Waals surface area contributed by atoms with E-state index in [0.29, 0.717) is 30.2 Å². The van der Waals surface area contributed by atoms with E-state index in [0.717, 1.165) is 0 Å². The zero-order valence-corrected chi connectivity index (χ0v) is 12.2. The number of hydrogen-bond donors (Lipinski definition) is 1. The Kier molecular flexibility index (Phi) is 6.55. The third kappa shape index (κ3) is 4.39. The molecule has 5 nitrogen and oxygen atoms in total. The Labute approximate surface area is 124 Å². The minimum atomic E-state index is -0.456. The van der Waals surface area contributed by atoms with Crippen molar-refractivity contribution >= 4 is 12.0 Å². The van der Waals surface area contributed by atoms with Crippen LogP contribution in [0.1, 0.15) is 12.5 Å². The molecule has 1 N–H and O–H groups in total. The Morgan fingerprint density at radius 2 is 2.29 bits per heavy atom. The summed E-state index contributed by atoms with van der Waals surface area (Å²) in [4.78, 5) is 11.8. The summed E-state index contributed by atoms with van der Waals surface area (Å²) in [6, 6.07) is 7.16. The molecule has 0 saturated heterocycles. The number of rotatable bonds is 7. The molecule has 1 aromatic carbocycles. The average Bonchev–Trinajstić information content (AvgIpc) is 2.51. The molecule has 1 rings (SSSR count). The Morgan fingerprint density at radius 3 is 2.86 bits per heavy atom. The molecule has 0 aliphatic carbocycles. The molecule has 0 heterocycles. The topological polar surface area (TPSA) is 71.4 Å². The van der Waals surface area contributed by atoms with Gasteiger partial charge in [-0.3, -0.25) is 4.79 Å². The minimum Gasteiger partial charge on any atom is -0.493 e. The van der Waals surface area contributed by atoms with Gasteiger partial charge in [0, 0.05) is 12.1 Å². The molecule has 0 atom stereocenters. The highest BCUT2D eigenvalue weighted by Crippen LogP contribution is 2.32. The summed E-state index contributed by atoms with van der Waals surface area (Å²) in [5.74, 6) is 0.601. The highest BCUT2D eigenvalue weighted by atomic mass is 16.5. The molecular weight excluding hydrogens is 268 g/mol. The zero-order valence-electron chi connectivity index (χ0n) is 12.2. The number of benzene rings is 1. The second-order valence-electron chi connectivity index (χ2n) is 3.98. The highest BCUT2D eigenvalue weighted by Gasteiger charge is 2.12. The average molecular weight is 286 g/mol. The molecule has 21 heavy (non-hydrogen) atoms. The second kappa shape index (κ2) is 8.43. The monoisotopic (exact) mass is 286 g/mol. The van der Waals surface area contributed by atoms with Crippen LogP contribution >= 0.6 is 0 Å². The molecule has 0 spiro atoms. The van der Waals surface area contributed by atoms with Crippen molar-refractivity contribution in [2.75, 3.05) is 20.3 Å². The molecule has 1 aromatic rings. The van der Waals surface area contributed by atoms with E-state index >= 15 is 0 Å². The lowest BCUT2D eigenvalue weighted by Crippen LogP contribution is -2.24. The van der Waals surface area contributed by atoms with Crippen LogP contribution in [0.5, 0.6) is 11.5 Å². The predicted octanol–water partition coefficient (Wildman–Crippen LogP) is 2.30. The van der Waals surface area contributed by atoms with Crippen molar-refractivity contribution in [2.24, 2.45) is 0 Å². The van der Waals surface area contributed by atoms with Crippen LogP contribution in [-0.4, -0.2) is 26.2 Å². The summed E-state index contributed by atoms with van der Waals surface area (Å²) in [7, 11) is 1.54. The number of nitrogens with zero attached hydrogens (tertiary/aromatic N) is 1. The van der Waals surface area contributed by atoms with Crippen molar-refractivity contribution in [2.45, 2.75) is 6.92 Å². The van der Waals surface area contributed by atoms with Crippen LogP contribution in [0.2, 0.25) is 0 Å². The van der Waals surface area contributed by atoms with Gasteiger partial charge in [0.1, 0.15) is 11.6 Å². The van der Waals surface area contributed by atoms with Crippen molar-refractivity contribution in [3.8, 4) is 17.6 Å². The van der Waals surface area contributed by atoms with E-state index in [1.807, 2.05) is 13.0 Å². The minimum absolute atomic E-state index is 0.00828. The first-order valence-electron chi connectivity index (χ1n) is 6.48. The smallest absolute Gasteiger partial charge is 0.262 e. The summed E-state index contributed by atoms with van der Waals surface area (Å²) in [6.45, 7) is 6.11. The van der Waals surface area contributed by atoms with Crippen molar-refractivity contribution in [1.29, 1.82) is 5.26 Å². The molecule has 0 aliphatic heterocycles. The SMILES string of the molecule is C=CCNC(=O)/C(C#N)=C\c1cccc(OC)c1OCC. The molecule has 0 bridgehead atoms. The van der Waals surface area contributed by atoms with Gasteiger partial charge in [-0.25, -0.2) is 0 Å². The summed E-state index contributed by atoms with van der Waals surface area (Å²) in [6.07, 6.45) is 3.02. The third-order valence-electron chi connectivity index (χ3n) is 2.59. The lowest BCUT2D eigenvalue weighted by molar-refractivity contribution is -0.116. The number of carbonyl (C=O) groups is 1. The Balaban J connectivity index is 3.19. The Hall–Kier alpha value is -2.74. The normalized spacial score (nSPS) is 10.4. The summed E-state index contributed by atoms with van der Waals surface area (Å²) in [5.41, 5.74) is 0.604. The fourth-order valence-electron chi connectivity index (χ4n) is 1.67. The first-order chi connectivity index (χ1) is 10.2. The molecule has 0 radical (unpaired) electrons. The lowest BCUT2D eigenvalue weighted by Gasteiger charge is -2.12. The van der Waals surface area contributed by atoms with Crippen LogP contribution in [0.25, 0.3) is 6.08 Å². The fourth-order valence-corrected chi connectivity index (χ4v) is 1.67. The number of amides is 1. The van der Waals surface area contributed by atoms with Gasteiger partial charge in [0.25, 0.3) is 5.91 Å². The van der Waals surface area contributed by atoms with Gasteiger partial charge in [-0.2, -0.15) is 5.26 Å². The van der Waals surface area contributed by atoms with E-state index in [1.54, 1.807) is 24.3 Å². The van der Waals surface area contributed by atoms with Crippen molar-refractivity contribution in [1.82, 2.24) is 5.32 Å². The number of nitrogens with one attached hydrogen (secondary N) is 1. The van der Waals surface area contributed by atoms with Crippen LogP contribution in [0, 0.1) is 11.3 Å². The lowest BCUT2D eigenvalue weighted by atomic mass is 10.1. The summed E-state index contributed by atoms with van der Waals surface area (Å²) in [5, 5.41) is 11.7. The van der Waals surface area contributed by atoms with E-state index in [9.17, 15) is 4.79 Å². The van der Waals surface area contributed by atoms with Crippen LogP contribution in [0.3, 0.4) is 0 Å². The van der Waals surface area contributed by atoms with Gasteiger partial charge >= 0.3 is 0 Å². The van der Waals surface area contributed by atoms with Crippen LogP contribution in [-0.2, 0) is 4.79 Å². The van der Waals surface area contributed by atoms with Crippen LogP contribution < -0.4 is 14.8 Å². The summed E-state index contributed by atoms with van der Waals surface area (Å²) < 4.78 is 10.8. The van der Waals surface area contributed by atoms with Gasteiger partial charge in [0.2, 0.25) is 0 Å². The van der Waals surface area contributed by atoms with Crippen LogP contribution in [0.15, 0.2) is 36.4 Å². The largest absolute Gasteiger partial charge is 0.493 e. The Morgan fingerprint density at radius 1 is 1.52 bits per heavy atom. The second-order valence-corrected chi connectivity index (χ2v) is 3.98. The number of methoxy groups -OCH3 is 1.